The molecule has 0 radical (unpaired) electrons. The number of allylic oxidation sites excluding steroid dienone is 4. The number of hydrogen-bond donors (Lipinski definition) is 0. The summed E-state index contributed by atoms with van der Waals surface area (Å²) >= 11 is 0. The van der Waals surface area contributed by atoms with Crippen LogP contribution < -0.4 is 0 Å². The highest BCUT2D eigenvalue weighted by Crippen LogP contribution is 2.26. The minimum Gasteiger partial charge on any atom is -0.306 e. The Morgan fingerprint density at radius 3 is 2.78 bits per heavy atom. The molecule has 0 bridgehead atoms. The van der Waals surface area contributed by atoms with Crippen LogP contribution in [0.25, 0.3) is 22.2 Å². The number of aromatic nitrogens is 3. The molecule has 0 fully saturated rings. The largest absolute Gasteiger partial charge is 0.306 e. The van der Waals surface area contributed by atoms with Crippen LogP contribution in [0.15, 0.2) is 74.4 Å². The Balaban J connectivity index is 2.33. The SMILES string of the molecule is C=C/C=C(\C=C)c1cc(-n2ccnc2)c2ccc(CC)cc2n1. The average Bonchev–Trinajstić information content (AvgIpc) is 3.12. The molecule has 114 valence electrons. The quantitative estimate of drug-likeness (QED) is 0.637. The van der Waals surface area contributed by atoms with Gasteiger partial charge in [0.1, 0.15) is 0 Å². The van der Waals surface area contributed by atoms with Gasteiger partial charge in [0, 0.05) is 17.8 Å². The van der Waals surface area contributed by atoms with E-state index in [1.165, 1.54) is 5.56 Å². The van der Waals surface area contributed by atoms with E-state index < -0.39 is 0 Å². The zero-order chi connectivity index (χ0) is 16.2. The van der Waals surface area contributed by atoms with Gasteiger partial charge in [0.05, 0.1) is 23.2 Å². The molecule has 3 nitrogen and oxygen atoms in total. The van der Waals surface area contributed by atoms with Crippen molar-refractivity contribution >= 4 is 16.5 Å². The molecule has 2 heterocycles. The van der Waals surface area contributed by atoms with Gasteiger partial charge in [-0.1, -0.05) is 50.4 Å². The van der Waals surface area contributed by atoms with E-state index in [9.17, 15) is 0 Å². The maximum atomic E-state index is 4.82. The number of imidazole rings is 1. The molecular weight excluding hydrogens is 282 g/mol. The summed E-state index contributed by atoms with van der Waals surface area (Å²) < 4.78 is 2.01. The molecule has 3 rings (SSSR count). The molecule has 0 amide bonds. The van der Waals surface area contributed by atoms with Crippen LogP contribution >= 0.6 is 0 Å². The van der Waals surface area contributed by atoms with Gasteiger partial charge in [0.2, 0.25) is 0 Å². The molecule has 0 aliphatic heterocycles. The number of fused-ring (bicyclic) bond motifs is 1. The monoisotopic (exact) mass is 301 g/mol. The lowest BCUT2D eigenvalue weighted by Gasteiger charge is -2.12. The van der Waals surface area contributed by atoms with Gasteiger partial charge in [-0.3, -0.25) is 0 Å². The molecule has 0 spiro atoms. The van der Waals surface area contributed by atoms with E-state index in [-0.39, 0.29) is 0 Å². The molecule has 0 aliphatic rings. The van der Waals surface area contributed by atoms with Crippen molar-refractivity contribution < 1.29 is 0 Å². The molecule has 0 saturated heterocycles. The lowest BCUT2D eigenvalue weighted by Crippen LogP contribution is -1.98. The summed E-state index contributed by atoms with van der Waals surface area (Å²) in [7, 11) is 0. The van der Waals surface area contributed by atoms with E-state index in [1.54, 1.807) is 24.7 Å². The molecule has 2 aromatic heterocycles. The summed E-state index contributed by atoms with van der Waals surface area (Å²) in [4.78, 5) is 8.98. The fourth-order valence-electron chi connectivity index (χ4n) is 2.62. The van der Waals surface area contributed by atoms with Gasteiger partial charge in [-0.25, -0.2) is 9.97 Å². The van der Waals surface area contributed by atoms with Crippen LogP contribution in [-0.4, -0.2) is 14.5 Å². The molecule has 0 N–H and O–H groups in total. The third-order valence-electron chi connectivity index (χ3n) is 3.86. The van der Waals surface area contributed by atoms with Gasteiger partial charge in [0.15, 0.2) is 0 Å². The predicted molar refractivity (Wildman–Crippen MR) is 96.6 cm³/mol. The minimum atomic E-state index is 0.879. The van der Waals surface area contributed by atoms with E-state index in [0.717, 1.165) is 34.3 Å². The van der Waals surface area contributed by atoms with Crippen molar-refractivity contribution in [2.45, 2.75) is 13.3 Å². The van der Waals surface area contributed by atoms with Gasteiger partial charge in [-0.2, -0.15) is 0 Å². The summed E-state index contributed by atoms with van der Waals surface area (Å²) in [6, 6.07) is 8.49. The third-order valence-corrected chi connectivity index (χ3v) is 3.86. The van der Waals surface area contributed by atoms with Gasteiger partial charge >= 0.3 is 0 Å². The first-order valence-electron chi connectivity index (χ1n) is 7.64. The second-order valence-electron chi connectivity index (χ2n) is 5.26. The number of aryl methyl sites for hydroxylation is 1. The van der Waals surface area contributed by atoms with Crippen molar-refractivity contribution in [1.29, 1.82) is 0 Å². The lowest BCUT2D eigenvalue weighted by atomic mass is 10.0. The zero-order valence-corrected chi connectivity index (χ0v) is 13.2. The highest BCUT2D eigenvalue weighted by atomic mass is 15.0. The predicted octanol–water partition coefficient (Wildman–Crippen LogP) is 4.74. The van der Waals surface area contributed by atoms with E-state index in [4.69, 9.17) is 4.98 Å². The normalized spacial score (nSPS) is 11.6. The van der Waals surface area contributed by atoms with Gasteiger partial charge < -0.3 is 4.57 Å². The smallest absolute Gasteiger partial charge is 0.0991 e. The Kier molecular flexibility index (Phi) is 4.20. The molecule has 3 heteroatoms. The minimum absolute atomic E-state index is 0.879. The molecule has 0 atom stereocenters. The Labute approximate surface area is 136 Å². The standard InChI is InChI=1S/C20H19N3/c1-4-7-16(6-3)18-13-20(23-11-10-21-14-23)17-9-8-15(5-2)12-19(17)22-18/h4,6-14H,1,3,5H2,2H3/b16-7+. The van der Waals surface area contributed by atoms with Crippen LogP contribution in [0.5, 0.6) is 0 Å². The van der Waals surface area contributed by atoms with Crippen molar-refractivity contribution in [3.63, 3.8) is 0 Å². The summed E-state index contributed by atoms with van der Waals surface area (Å²) in [6.07, 6.45) is 12.0. The number of benzene rings is 1. The molecule has 0 saturated carbocycles. The Morgan fingerprint density at radius 2 is 2.13 bits per heavy atom. The average molecular weight is 301 g/mol. The van der Waals surface area contributed by atoms with E-state index in [2.05, 4.69) is 49.3 Å². The van der Waals surface area contributed by atoms with Crippen molar-refractivity contribution in [1.82, 2.24) is 14.5 Å². The number of hydrogen-bond acceptors (Lipinski definition) is 2. The second kappa shape index (κ2) is 6.44. The number of pyridine rings is 1. The van der Waals surface area contributed by atoms with Crippen molar-refractivity contribution in [2.24, 2.45) is 0 Å². The van der Waals surface area contributed by atoms with Gasteiger partial charge in [0.25, 0.3) is 0 Å². The van der Waals surface area contributed by atoms with Crippen molar-refractivity contribution in [2.75, 3.05) is 0 Å². The van der Waals surface area contributed by atoms with E-state index in [1.807, 2.05) is 16.8 Å². The highest BCUT2D eigenvalue weighted by Gasteiger charge is 2.10. The first kappa shape index (κ1) is 15.0. The third kappa shape index (κ3) is 2.86. The Hall–Kier alpha value is -2.94. The summed E-state index contributed by atoms with van der Waals surface area (Å²) in [6.45, 7) is 9.80. The molecule has 0 aliphatic carbocycles. The van der Waals surface area contributed by atoms with Crippen LogP contribution in [0.4, 0.5) is 0 Å². The highest BCUT2D eigenvalue weighted by molar-refractivity contribution is 5.90. The number of nitrogens with zero attached hydrogens (tertiary/aromatic N) is 3. The van der Waals surface area contributed by atoms with Crippen LogP contribution in [0.1, 0.15) is 18.2 Å². The van der Waals surface area contributed by atoms with Gasteiger partial charge in [-0.15, -0.1) is 0 Å². The van der Waals surface area contributed by atoms with Crippen LogP contribution in [0, 0.1) is 0 Å². The first-order chi connectivity index (χ1) is 11.3. The first-order valence-corrected chi connectivity index (χ1v) is 7.64. The Bertz CT molecular complexity index is 887. The van der Waals surface area contributed by atoms with Crippen molar-refractivity contribution in [3.05, 3.63) is 85.6 Å². The topological polar surface area (TPSA) is 30.7 Å². The molecule has 0 unspecified atom stereocenters. The molecule has 23 heavy (non-hydrogen) atoms. The Morgan fingerprint density at radius 1 is 1.26 bits per heavy atom. The maximum Gasteiger partial charge on any atom is 0.0991 e. The van der Waals surface area contributed by atoms with Crippen molar-refractivity contribution in [3.8, 4) is 5.69 Å². The molecular formula is C20H19N3. The fraction of sp³-hybridized carbons (Fsp3) is 0.100. The fourth-order valence-corrected chi connectivity index (χ4v) is 2.62. The summed E-state index contributed by atoms with van der Waals surface area (Å²) in [5.74, 6) is 0. The van der Waals surface area contributed by atoms with E-state index in [0.29, 0.717) is 0 Å². The van der Waals surface area contributed by atoms with Gasteiger partial charge in [-0.05, 0) is 29.7 Å². The summed E-state index contributed by atoms with van der Waals surface area (Å²) in [5.41, 5.74) is 5.13. The summed E-state index contributed by atoms with van der Waals surface area (Å²) in [5, 5.41) is 1.10. The lowest BCUT2D eigenvalue weighted by molar-refractivity contribution is 1.06. The van der Waals surface area contributed by atoms with Crippen LogP contribution in [-0.2, 0) is 6.42 Å². The second-order valence-corrected chi connectivity index (χ2v) is 5.26. The van der Waals surface area contributed by atoms with Crippen LogP contribution in [0.3, 0.4) is 0 Å². The zero-order valence-electron chi connectivity index (χ0n) is 13.2. The maximum absolute atomic E-state index is 4.82. The molecule has 3 aromatic rings. The molecule has 1 aromatic carbocycles. The number of rotatable bonds is 5. The van der Waals surface area contributed by atoms with Crippen LogP contribution in [0.2, 0.25) is 0 Å². The van der Waals surface area contributed by atoms with E-state index >= 15 is 0 Å².